The average molecular weight is 423 g/mol. The van der Waals surface area contributed by atoms with E-state index in [1.807, 2.05) is 0 Å². The third-order valence-corrected chi connectivity index (χ3v) is 6.55. The number of halogens is 3. The van der Waals surface area contributed by atoms with Gasteiger partial charge in [0, 0.05) is 12.5 Å². The summed E-state index contributed by atoms with van der Waals surface area (Å²) in [6.45, 7) is 1.44. The Bertz CT molecular complexity index is 888. The number of fused-ring (bicyclic) bond motifs is 3. The van der Waals surface area contributed by atoms with Crippen molar-refractivity contribution < 1.29 is 27.6 Å². The molecule has 1 aromatic carbocycles. The number of para-hydroxylation sites is 1. The molecule has 1 saturated heterocycles. The fourth-order valence-electron chi connectivity index (χ4n) is 4.98. The number of alkyl halides is 3. The minimum Gasteiger partial charge on any atom is -0.352 e. The number of carbonyl (C=O) groups is 3. The smallest absolute Gasteiger partial charge is 0.352 e. The summed E-state index contributed by atoms with van der Waals surface area (Å²) in [5.74, 6) is -2.40. The van der Waals surface area contributed by atoms with Gasteiger partial charge in [0.2, 0.25) is 11.8 Å². The van der Waals surface area contributed by atoms with E-state index < -0.39 is 29.7 Å². The van der Waals surface area contributed by atoms with Crippen molar-refractivity contribution in [2.45, 2.75) is 63.3 Å². The summed E-state index contributed by atoms with van der Waals surface area (Å²) in [7, 11) is 0. The summed E-state index contributed by atoms with van der Waals surface area (Å²) in [6.07, 6.45) is -2.82. The van der Waals surface area contributed by atoms with Gasteiger partial charge in [0.05, 0.1) is 17.2 Å². The number of hydrogen-bond acceptors (Lipinski definition) is 3. The van der Waals surface area contributed by atoms with Crippen LogP contribution >= 0.6 is 0 Å². The van der Waals surface area contributed by atoms with Gasteiger partial charge in [-0.05, 0) is 44.7 Å². The maximum Gasteiger partial charge on any atom is 0.391 e. The Balaban J connectivity index is 1.52. The van der Waals surface area contributed by atoms with Gasteiger partial charge in [0.1, 0.15) is 12.2 Å². The molecule has 6 nitrogen and oxygen atoms in total. The molecule has 3 amide bonds. The SMILES string of the molecule is CC12CCC(=O)N1c1ccccc1C(=O)N2CC(=O)NC1CCCC(C(F)(F)F)C1. The van der Waals surface area contributed by atoms with E-state index in [0.29, 0.717) is 30.5 Å². The Labute approximate surface area is 172 Å². The van der Waals surface area contributed by atoms with Crippen LogP contribution in [0.1, 0.15) is 55.8 Å². The summed E-state index contributed by atoms with van der Waals surface area (Å²) < 4.78 is 39.1. The molecule has 1 saturated carbocycles. The Kier molecular flexibility index (Phi) is 5.02. The van der Waals surface area contributed by atoms with Crippen LogP contribution in [0.3, 0.4) is 0 Å². The van der Waals surface area contributed by atoms with E-state index in [-0.39, 0.29) is 37.6 Å². The zero-order valence-corrected chi connectivity index (χ0v) is 16.7. The highest BCUT2D eigenvalue weighted by Gasteiger charge is 2.53. The first-order valence-electron chi connectivity index (χ1n) is 10.2. The van der Waals surface area contributed by atoms with Crippen LogP contribution in [0.2, 0.25) is 0 Å². The lowest BCUT2D eigenvalue weighted by atomic mass is 9.85. The van der Waals surface area contributed by atoms with E-state index in [0.717, 1.165) is 0 Å². The first kappa shape index (κ1) is 20.7. The molecule has 2 aliphatic heterocycles. The van der Waals surface area contributed by atoms with Crippen molar-refractivity contribution in [3.05, 3.63) is 29.8 Å². The maximum absolute atomic E-state index is 13.1. The second kappa shape index (κ2) is 7.28. The van der Waals surface area contributed by atoms with Crippen LogP contribution < -0.4 is 10.2 Å². The topological polar surface area (TPSA) is 69.7 Å². The summed E-state index contributed by atoms with van der Waals surface area (Å²) in [5, 5.41) is 2.68. The predicted octanol–water partition coefficient (Wildman–Crippen LogP) is 3.22. The molecule has 3 unspecified atom stereocenters. The standard InChI is InChI=1S/C21H24F3N3O3/c1-20-10-9-18(29)27(20)16-8-3-2-7-15(16)19(30)26(20)12-17(28)25-14-6-4-5-13(11-14)21(22,23)24/h2-3,7-8,13-14H,4-6,9-12H2,1H3,(H,25,28). The van der Waals surface area contributed by atoms with E-state index >= 15 is 0 Å². The Hall–Kier alpha value is -2.58. The van der Waals surface area contributed by atoms with E-state index in [1.54, 1.807) is 36.1 Å². The van der Waals surface area contributed by atoms with Crippen LogP contribution in [-0.2, 0) is 9.59 Å². The van der Waals surface area contributed by atoms with Crippen LogP contribution in [0.15, 0.2) is 24.3 Å². The molecule has 4 rings (SSSR count). The molecule has 162 valence electrons. The number of benzene rings is 1. The summed E-state index contributed by atoms with van der Waals surface area (Å²) in [4.78, 5) is 41.3. The highest BCUT2D eigenvalue weighted by atomic mass is 19.4. The molecule has 0 radical (unpaired) electrons. The monoisotopic (exact) mass is 423 g/mol. The number of nitrogens with one attached hydrogen (secondary N) is 1. The molecule has 3 aliphatic rings. The number of amides is 3. The molecule has 0 aromatic heterocycles. The number of anilines is 1. The minimum atomic E-state index is -4.27. The molecule has 1 aliphatic carbocycles. The van der Waals surface area contributed by atoms with Crippen molar-refractivity contribution in [3.63, 3.8) is 0 Å². The number of rotatable bonds is 3. The van der Waals surface area contributed by atoms with Crippen molar-refractivity contribution in [3.8, 4) is 0 Å². The molecule has 9 heteroatoms. The number of nitrogens with zero attached hydrogens (tertiary/aromatic N) is 2. The van der Waals surface area contributed by atoms with Crippen LogP contribution in [-0.4, -0.2) is 47.0 Å². The van der Waals surface area contributed by atoms with Crippen LogP contribution in [0.25, 0.3) is 0 Å². The van der Waals surface area contributed by atoms with Gasteiger partial charge in [-0.2, -0.15) is 13.2 Å². The first-order valence-corrected chi connectivity index (χ1v) is 10.2. The summed E-state index contributed by atoms with van der Waals surface area (Å²) >= 11 is 0. The second-order valence-electron chi connectivity index (χ2n) is 8.52. The van der Waals surface area contributed by atoms with Gasteiger partial charge in [-0.1, -0.05) is 18.6 Å². The number of hydrogen-bond donors (Lipinski definition) is 1. The maximum atomic E-state index is 13.1. The summed E-state index contributed by atoms with van der Waals surface area (Å²) in [6, 6.07) is 6.20. The Morgan fingerprint density at radius 3 is 2.70 bits per heavy atom. The van der Waals surface area contributed by atoms with Gasteiger partial charge in [0.25, 0.3) is 5.91 Å². The van der Waals surface area contributed by atoms with E-state index in [9.17, 15) is 27.6 Å². The van der Waals surface area contributed by atoms with Crippen molar-refractivity contribution in [1.82, 2.24) is 10.2 Å². The summed E-state index contributed by atoms with van der Waals surface area (Å²) in [5.41, 5.74) is -0.0988. The quantitative estimate of drug-likeness (QED) is 0.812. The lowest BCUT2D eigenvalue weighted by Gasteiger charge is -2.48. The van der Waals surface area contributed by atoms with Gasteiger partial charge in [0.15, 0.2) is 0 Å². The lowest BCUT2D eigenvalue weighted by molar-refractivity contribution is -0.184. The third kappa shape index (κ3) is 3.44. The van der Waals surface area contributed by atoms with Crippen molar-refractivity contribution in [2.24, 2.45) is 5.92 Å². The van der Waals surface area contributed by atoms with Crippen molar-refractivity contribution in [2.75, 3.05) is 11.4 Å². The molecular weight excluding hydrogens is 399 g/mol. The normalized spacial score (nSPS) is 28.9. The van der Waals surface area contributed by atoms with Gasteiger partial charge in [-0.15, -0.1) is 0 Å². The molecule has 2 heterocycles. The molecule has 2 fully saturated rings. The molecule has 1 aromatic rings. The van der Waals surface area contributed by atoms with Gasteiger partial charge in [-0.25, -0.2) is 0 Å². The average Bonchev–Trinajstić information content (AvgIpc) is 3.00. The molecule has 3 atom stereocenters. The van der Waals surface area contributed by atoms with Crippen LogP contribution in [0, 0.1) is 5.92 Å². The van der Waals surface area contributed by atoms with E-state index in [4.69, 9.17) is 0 Å². The lowest BCUT2D eigenvalue weighted by Crippen LogP contribution is -2.64. The van der Waals surface area contributed by atoms with Crippen molar-refractivity contribution >= 4 is 23.4 Å². The molecular formula is C21H24F3N3O3. The zero-order chi connectivity index (χ0) is 21.7. The molecule has 0 spiro atoms. The predicted molar refractivity (Wildman–Crippen MR) is 103 cm³/mol. The van der Waals surface area contributed by atoms with Crippen LogP contribution in [0.5, 0.6) is 0 Å². The molecule has 0 bridgehead atoms. The third-order valence-electron chi connectivity index (χ3n) is 6.55. The van der Waals surface area contributed by atoms with Crippen LogP contribution in [0.4, 0.5) is 18.9 Å². The Morgan fingerprint density at radius 2 is 1.97 bits per heavy atom. The highest BCUT2D eigenvalue weighted by Crippen LogP contribution is 2.44. The number of carbonyl (C=O) groups excluding carboxylic acids is 3. The molecule has 30 heavy (non-hydrogen) atoms. The largest absolute Gasteiger partial charge is 0.391 e. The van der Waals surface area contributed by atoms with E-state index in [2.05, 4.69) is 5.32 Å². The Morgan fingerprint density at radius 1 is 1.23 bits per heavy atom. The van der Waals surface area contributed by atoms with Gasteiger partial charge >= 0.3 is 6.18 Å². The second-order valence-corrected chi connectivity index (χ2v) is 8.52. The fraction of sp³-hybridized carbons (Fsp3) is 0.571. The minimum absolute atomic E-state index is 0.0758. The zero-order valence-electron chi connectivity index (χ0n) is 16.7. The fourth-order valence-corrected chi connectivity index (χ4v) is 4.98. The molecule has 1 N–H and O–H groups in total. The van der Waals surface area contributed by atoms with Gasteiger partial charge in [-0.3, -0.25) is 19.3 Å². The first-order chi connectivity index (χ1) is 14.1. The highest BCUT2D eigenvalue weighted by molar-refractivity contribution is 6.11. The van der Waals surface area contributed by atoms with E-state index in [1.165, 1.54) is 4.90 Å². The van der Waals surface area contributed by atoms with Gasteiger partial charge < -0.3 is 10.2 Å². The van der Waals surface area contributed by atoms with Crippen molar-refractivity contribution in [1.29, 1.82) is 0 Å².